The van der Waals surface area contributed by atoms with E-state index in [1.165, 1.54) is 0 Å². The van der Waals surface area contributed by atoms with Crippen molar-refractivity contribution in [1.82, 2.24) is 16.0 Å². The molecule has 5 heteroatoms. The predicted molar refractivity (Wildman–Crippen MR) is 58.6 cm³/mol. The second kappa shape index (κ2) is 4.85. The molecule has 1 heterocycles. The van der Waals surface area contributed by atoms with Gasteiger partial charge in [0.15, 0.2) is 0 Å². The maximum atomic E-state index is 5.56. The quantitative estimate of drug-likeness (QED) is 0.450. The average molecular weight is 202 g/mol. The lowest BCUT2D eigenvalue weighted by Crippen LogP contribution is -2.64. The third kappa shape index (κ3) is 3.56. The Balaban J connectivity index is 2.37. The number of thiocarbonyl (C=S) groups is 1. The molecule has 5 N–H and O–H groups in total. The number of hydrogen-bond acceptors (Lipinski definition) is 4. The first kappa shape index (κ1) is 10.8. The molecule has 0 amide bonds. The molecule has 0 bridgehead atoms. The molecular formula is C8H18N4S. The summed E-state index contributed by atoms with van der Waals surface area (Å²) in [5, 5.41) is 10.0. The standard InChI is InChI=1S/C8H18N4S/c1-5(2)11-7-4-10-3-6(12-7)8(9)13/h5-7,10-12H,3-4H2,1-2H3,(H2,9,13). The van der Waals surface area contributed by atoms with Crippen molar-refractivity contribution in [3.63, 3.8) is 0 Å². The summed E-state index contributed by atoms with van der Waals surface area (Å²) < 4.78 is 0. The van der Waals surface area contributed by atoms with E-state index in [1.807, 2.05) is 0 Å². The van der Waals surface area contributed by atoms with Gasteiger partial charge in [0, 0.05) is 19.1 Å². The average Bonchev–Trinajstić information content (AvgIpc) is 2.03. The number of nitrogens with one attached hydrogen (secondary N) is 3. The molecule has 76 valence electrons. The van der Waals surface area contributed by atoms with Crippen LogP contribution in [-0.2, 0) is 0 Å². The van der Waals surface area contributed by atoms with Gasteiger partial charge in [-0.2, -0.15) is 0 Å². The number of rotatable bonds is 3. The van der Waals surface area contributed by atoms with Crippen LogP contribution in [0.2, 0.25) is 0 Å². The Labute approximate surface area is 84.6 Å². The van der Waals surface area contributed by atoms with Crippen molar-refractivity contribution in [1.29, 1.82) is 0 Å². The molecule has 1 rings (SSSR count). The van der Waals surface area contributed by atoms with Crippen LogP contribution in [0.3, 0.4) is 0 Å². The second-order valence-electron chi connectivity index (χ2n) is 3.65. The third-order valence-corrected chi connectivity index (χ3v) is 2.26. The van der Waals surface area contributed by atoms with Gasteiger partial charge in [0.05, 0.1) is 17.2 Å². The molecular weight excluding hydrogens is 184 g/mol. The fourth-order valence-electron chi connectivity index (χ4n) is 1.42. The lowest BCUT2D eigenvalue weighted by Gasteiger charge is -2.32. The summed E-state index contributed by atoms with van der Waals surface area (Å²) >= 11 is 4.93. The van der Waals surface area contributed by atoms with Gasteiger partial charge in [-0.05, 0) is 13.8 Å². The fraction of sp³-hybridized carbons (Fsp3) is 0.875. The first-order valence-electron chi connectivity index (χ1n) is 4.61. The van der Waals surface area contributed by atoms with Crippen molar-refractivity contribution in [2.24, 2.45) is 5.73 Å². The topological polar surface area (TPSA) is 62.1 Å². The van der Waals surface area contributed by atoms with Gasteiger partial charge in [0.2, 0.25) is 0 Å². The summed E-state index contributed by atoms with van der Waals surface area (Å²) in [4.78, 5) is 0.530. The zero-order valence-corrected chi connectivity index (χ0v) is 8.95. The lowest BCUT2D eigenvalue weighted by molar-refractivity contribution is 0.317. The molecule has 0 aliphatic carbocycles. The first-order chi connectivity index (χ1) is 6.09. The van der Waals surface area contributed by atoms with Gasteiger partial charge in [0.1, 0.15) is 0 Å². The van der Waals surface area contributed by atoms with Gasteiger partial charge < -0.3 is 11.1 Å². The minimum absolute atomic E-state index is 0.111. The summed E-state index contributed by atoms with van der Waals surface area (Å²) in [5.41, 5.74) is 5.56. The number of piperazine rings is 1. The van der Waals surface area contributed by atoms with Crippen LogP contribution in [0.15, 0.2) is 0 Å². The maximum absolute atomic E-state index is 5.56. The van der Waals surface area contributed by atoms with Gasteiger partial charge >= 0.3 is 0 Å². The van der Waals surface area contributed by atoms with Gasteiger partial charge in [-0.1, -0.05) is 12.2 Å². The zero-order valence-electron chi connectivity index (χ0n) is 8.13. The largest absolute Gasteiger partial charge is 0.392 e. The van der Waals surface area contributed by atoms with E-state index < -0.39 is 0 Å². The second-order valence-corrected chi connectivity index (χ2v) is 4.13. The molecule has 1 saturated heterocycles. The third-order valence-electron chi connectivity index (χ3n) is 1.98. The van der Waals surface area contributed by atoms with Crippen LogP contribution in [0.1, 0.15) is 13.8 Å². The van der Waals surface area contributed by atoms with Crippen LogP contribution in [0.25, 0.3) is 0 Å². The van der Waals surface area contributed by atoms with Gasteiger partial charge in [-0.15, -0.1) is 0 Å². The van der Waals surface area contributed by atoms with Crippen LogP contribution in [0.5, 0.6) is 0 Å². The van der Waals surface area contributed by atoms with Gasteiger partial charge in [0.25, 0.3) is 0 Å². The van der Waals surface area contributed by atoms with Crippen LogP contribution in [0, 0.1) is 0 Å². The van der Waals surface area contributed by atoms with Crippen LogP contribution in [-0.4, -0.2) is 36.3 Å². The zero-order chi connectivity index (χ0) is 9.84. The molecule has 1 aliphatic rings. The fourth-order valence-corrected chi connectivity index (χ4v) is 1.58. The predicted octanol–water partition coefficient (Wildman–Crippen LogP) is -0.842. The van der Waals surface area contributed by atoms with Crippen LogP contribution >= 0.6 is 12.2 Å². The smallest absolute Gasteiger partial charge is 0.0913 e. The summed E-state index contributed by atoms with van der Waals surface area (Å²) in [5.74, 6) is 0. The Bertz CT molecular complexity index is 183. The van der Waals surface area contributed by atoms with Crippen molar-refractivity contribution < 1.29 is 0 Å². The molecule has 1 aliphatic heterocycles. The first-order valence-corrected chi connectivity index (χ1v) is 5.02. The monoisotopic (exact) mass is 202 g/mol. The molecule has 0 saturated carbocycles. The van der Waals surface area contributed by atoms with Crippen LogP contribution < -0.4 is 21.7 Å². The highest BCUT2D eigenvalue weighted by molar-refractivity contribution is 7.80. The van der Waals surface area contributed by atoms with E-state index in [0.717, 1.165) is 13.1 Å². The summed E-state index contributed by atoms with van der Waals surface area (Å²) in [6.45, 7) is 5.97. The normalized spacial score (nSPS) is 29.2. The summed E-state index contributed by atoms with van der Waals surface area (Å²) in [6.07, 6.45) is 0.264. The molecule has 1 fully saturated rings. The van der Waals surface area contributed by atoms with E-state index in [0.29, 0.717) is 11.0 Å². The molecule has 0 aromatic rings. The van der Waals surface area contributed by atoms with Gasteiger partial charge in [-0.25, -0.2) is 0 Å². The molecule has 0 spiro atoms. The Morgan fingerprint density at radius 1 is 1.54 bits per heavy atom. The molecule has 2 unspecified atom stereocenters. The molecule has 4 nitrogen and oxygen atoms in total. The van der Waals surface area contributed by atoms with Gasteiger partial charge in [-0.3, -0.25) is 10.6 Å². The van der Waals surface area contributed by atoms with Crippen LogP contribution in [0.4, 0.5) is 0 Å². The van der Waals surface area contributed by atoms with Crippen molar-refractivity contribution >= 4 is 17.2 Å². The maximum Gasteiger partial charge on any atom is 0.0913 e. The SMILES string of the molecule is CC(C)NC1CNCC(C(N)=S)N1. The van der Waals surface area contributed by atoms with E-state index in [1.54, 1.807) is 0 Å². The Hall–Kier alpha value is -0.230. The number of hydrogen-bond donors (Lipinski definition) is 4. The van der Waals surface area contributed by atoms with Crippen molar-refractivity contribution in [3.05, 3.63) is 0 Å². The van der Waals surface area contributed by atoms with Crippen molar-refractivity contribution in [2.75, 3.05) is 13.1 Å². The Morgan fingerprint density at radius 2 is 2.23 bits per heavy atom. The molecule has 13 heavy (non-hydrogen) atoms. The summed E-state index contributed by atoms with van der Waals surface area (Å²) in [7, 11) is 0. The minimum atomic E-state index is 0.111. The highest BCUT2D eigenvalue weighted by Gasteiger charge is 2.21. The molecule has 2 atom stereocenters. The summed E-state index contributed by atoms with van der Waals surface area (Å²) in [6, 6.07) is 0.574. The molecule has 0 radical (unpaired) electrons. The highest BCUT2D eigenvalue weighted by Crippen LogP contribution is 1.93. The van der Waals surface area contributed by atoms with Crippen molar-refractivity contribution in [3.8, 4) is 0 Å². The van der Waals surface area contributed by atoms with E-state index in [-0.39, 0.29) is 12.2 Å². The molecule has 0 aromatic heterocycles. The molecule has 0 aromatic carbocycles. The Morgan fingerprint density at radius 3 is 2.77 bits per heavy atom. The van der Waals surface area contributed by atoms with E-state index in [9.17, 15) is 0 Å². The highest BCUT2D eigenvalue weighted by atomic mass is 32.1. The van der Waals surface area contributed by atoms with Crippen molar-refractivity contribution in [2.45, 2.75) is 32.1 Å². The van der Waals surface area contributed by atoms with E-state index in [4.69, 9.17) is 18.0 Å². The number of nitrogens with two attached hydrogens (primary N) is 1. The van der Waals surface area contributed by atoms with E-state index in [2.05, 4.69) is 29.8 Å². The minimum Gasteiger partial charge on any atom is -0.392 e. The lowest BCUT2D eigenvalue weighted by atomic mass is 10.2. The Kier molecular flexibility index (Phi) is 4.05. The van der Waals surface area contributed by atoms with E-state index >= 15 is 0 Å².